The van der Waals surface area contributed by atoms with Crippen LogP contribution < -0.4 is 0 Å². The van der Waals surface area contributed by atoms with Gasteiger partial charge >= 0.3 is 11.9 Å². The van der Waals surface area contributed by atoms with Crippen LogP contribution in [0.15, 0.2) is 5.16 Å². The number of esters is 2. The number of carbonyl (C=O) groups excluding carboxylic acids is 3. The third kappa shape index (κ3) is 6.19. The zero-order chi connectivity index (χ0) is 14.0. The molecule has 102 valence electrons. The Balaban J connectivity index is 4.51. The maximum Gasteiger partial charge on any atom is 0.364 e. The Hall–Kier alpha value is -1.63. The van der Waals surface area contributed by atoms with Crippen LogP contribution in [0, 0.1) is 0 Å². The topological polar surface area (TPSA) is 91.3 Å². The molecule has 0 atom stereocenters. The fourth-order valence-electron chi connectivity index (χ4n) is 0.817. The molecule has 0 heterocycles. The van der Waals surface area contributed by atoms with Crippen LogP contribution in [-0.2, 0) is 28.7 Å². The third-order valence-electron chi connectivity index (χ3n) is 1.50. The average molecular weight is 280 g/mol. The van der Waals surface area contributed by atoms with Crippen molar-refractivity contribution in [2.75, 3.05) is 25.7 Å². The van der Waals surface area contributed by atoms with E-state index in [0.29, 0.717) is 0 Å². The molecule has 0 aliphatic carbocycles. The Morgan fingerprint density at radius 2 is 1.72 bits per heavy atom. The molecule has 0 spiro atoms. The van der Waals surface area contributed by atoms with Crippen molar-refractivity contribution < 1.29 is 28.7 Å². The van der Waals surface area contributed by atoms with Gasteiger partial charge in [-0.1, -0.05) is 5.16 Å². The molecule has 0 amide bonds. The molecule has 0 bridgehead atoms. The predicted octanol–water partition coefficient (Wildman–Crippen LogP) is 0.293. The van der Waals surface area contributed by atoms with Crippen molar-refractivity contribution in [3.05, 3.63) is 0 Å². The summed E-state index contributed by atoms with van der Waals surface area (Å²) in [6.07, 6.45) is 0. The lowest BCUT2D eigenvalue weighted by atomic mass is 10.3. The van der Waals surface area contributed by atoms with Gasteiger partial charge < -0.3 is 14.3 Å². The van der Waals surface area contributed by atoms with E-state index in [-0.39, 0.29) is 13.2 Å². The van der Waals surface area contributed by atoms with Crippen LogP contribution in [0.4, 0.5) is 0 Å². The number of nitrogens with zero attached hydrogens (tertiary/aromatic N) is 1. The van der Waals surface area contributed by atoms with E-state index in [1.807, 2.05) is 0 Å². The number of ketones is 1. The van der Waals surface area contributed by atoms with Gasteiger partial charge in [0.25, 0.3) is 0 Å². The molecule has 0 aromatic rings. The number of carbonyl (C=O) groups is 3. The van der Waals surface area contributed by atoms with Crippen molar-refractivity contribution in [1.82, 2.24) is 0 Å². The van der Waals surface area contributed by atoms with E-state index in [4.69, 9.17) is 11.6 Å². The lowest BCUT2D eigenvalue weighted by molar-refractivity contribution is -0.148. The van der Waals surface area contributed by atoms with Gasteiger partial charge in [0.15, 0.2) is 0 Å². The van der Waals surface area contributed by atoms with E-state index in [9.17, 15) is 14.4 Å². The SMILES string of the molecule is CCOC(=O)CO/N=C(\C(=O)CCl)C(=O)OCC. The maximum absolute atomic E-state index is 11.3. The van der Waals surface area contributed by atoms with Crippen molar-refractivity contribution in [2.45, 2.75) is 13.8 Å². The highest BCUT2D eigenvalue weighted by atomic mass is 35.5. The minimum absolute atomic E-state index is 0.0747. The van der Waals surface area contributed by atoms with Crippen molar-refractivity contribution >= 4 is 35.0 Å². The van der Waals surface area contributed by atoms with Gasteiger partial charge in [0.1, 0.15) is 0 Å². The standard InChI is InChI=1S/C10H14ClNO6/c1-3-16-8(14)6-18-12-9(7(13)5-11)10(15)17-4-2/h3-6H2,1-2H3/b12-9+. The van der Waals surface area contributed by atoms with E-state index in [0.717, 1.165) is 0 Å². The molecule has 0 aromatic carbocycles. The zero-order valence-corrected chi connectivity index (χ0v) is 10.9. The number of hydrogen-bond acceptors (Lipinski definition) is 7. The highest BCUT2D eigenvalue weighted by Crippen LogP contribution is 1.93. The number of alkyl halides is 1. The van der Waals surface area contributed by atoms with Gasteiger partial charge in [-0.15, -0.1) is 11.6 Å². The maximum atomic E-state index is 11.3. The van der Waals surface area contributed by atoms with Crippen molar-refractivity contribution in [1.29, 1.82) is 0 Å². The Kier molecular flexibility index (Phi) is 8.55. The summed E-state index contributed by atoms with van der Waals surface area (Å²) in [4.78, 5) is 38.0. The van der Waals surface area contributed by atoms with Gasteiger partial charge in [-0.25, -0.2) is 9.59 Å². The molecular weight excluding hydrogens is 266 g/mol. The van der Waals surface area contributed by atoms with E-state index in [2.05, 4.69) is 19.5 Å². The van der Waals surface area contributed by atoms with E-state index in [1.54, 1.807) is 13.8 Å². The number of ether oxygens (including phenoxy) is 2. The summed E-state index contributed by atoms with van der Waals surface area (Å²) in [5.41, 5.74) is -0.587. The predicted molar refractivity (Wildman–Crippen MR) is 62.4 cm³/mol. The molecule has 0 aliphatic rings. The number of rotatable bonds is 8. The molecule has 0 saturated carbocycles. The van der Waals surface area contributed by atoms with Gasteiger partial charge in [0.05, 0.1) is 19.1 Å². The highest BCUT2D eigenvalue weighted by Gasteiger charge is 2.22. The summed E-state index contributed by atoms with van der Waals surface area (Å²) >= 11 is 5.30. The van der Waals surface area contributed by atoms with E-state index < -0.39 is 35.9 Å². The van der Waals surface area contributed by atoms with Crippen LogP contribution in [0.25, 0.3) is 0 Å². The Morgan fingerprint density at radius 1 is 1.11 bits per heavy atom. The summed E-state index contributed by atoms with van der Waals surface area (Å²) in [6.45, 7) is 2.96. The van der Waals surface area contributed by atoms with Gasteiger partial charge in [0, 0.05) is 0 Å². The van der Waals surface area contributed by atoms with Gasteiger partial charge in [0.2, 0.25) is 18.1 Å². The summed E-state index contributed by atoms with van der Waals surface area (Å²) in [7, 11) is 0. The van der Waals surface area contributed by atoms with Crippen molar-refractivity contribution in [2.24, 2.45) is 5.16 Å². The first kappa shape index (κ1) is 16.4. The van der Waals surface area contributed by atoms with Crippen molar-refractivity contribution in [3.63, 3.8) is 0 Å². The molecule has 18 heavy (non-hydrogen) atoms. The number of halogens is 1. The lowest BCUT2D eigenvalue weighted by Crippen LogP contribution is -2.28. The van der Waals surface area contributed by atoms with Crippen LogP contribution >= 0.6 is 11.6 Å². The summed E-state index contributed by atoms with van der Waals surface area (Å²) < 4.78 is 9.14. The molecule has 0 rings (SSSR count). The molecule has 0 saturated heterocycles. The van der Waals surface area contributed by atoms with Crippen LogP contribution in [0.2, 0.25) is 0 Å². The largest absolute Gasteiger partial charge is 0.463 e. The van der Waals surface area contributed by atoms with Crippen LogP contribution in [0.5, 0.6) is 0 Å². The second-order valence-corrected chi connectivity index (χ2v) is 3.06. The Morgan fingerprint density at radius 3 is 2.22 bits per heavy atom. The quantitative estimate of drug-likeness (QED) is 0.209. The van der Waals surface area contributed by atoms with Crippen LogP contribution in [0.3, 0.4) is 0 Å². The molecule has 0 aliphatic heterocycles. The highest BCUT2D eigenvalue weighted by molar-refractivity contribution is 6.67. The molecule has 7 nitrogen and oxygen atoms in total. The summed E-state index contributed by atoms with van der Waals surface area (Å²) in [5, 5.41) is 3.24. The Labute approximate surface area is 109 Å². The normalized spacial score (nSPS) is 10.7. The summed E-state index contributed by atoms with van der Waals surface area (Å²) in [6, 6.07) is 0. The first-order valence-electron chi connectivity index (χ1n) is 5.18. The van der Waals surface area contributed by atoms with Gasteiger partial charge in [-0.05, 0) is 13.8 Å². The van der Waals surface area contributed by atoms with Gasteiger partial charge in [-0.2, -0.15) is 0 Å². The third-order valence-corrected chi connectivity index (χ3v) is 1.74. The molecule has 0 fully saturated rings. The number of hydrogen-bond donors (Lipinski definition) is 0. The zero-order valence-electron chi connectivity index (χ0n) is 10.1. The lowest BCUT2D eigenvalue weighted by Gasteiger charge is -2.04. The van der Waals surface area contributed by atoms with Gasteiger partial charge in [-0.3, -0.25) is 4.79 Å². The first-order chi connectivity index (χ1) is 8.56. The fraction of sp³-hybridized carbons (Fsp3) is 0.600. The Bertz CT molecular complexity index is 341. The van der Waals surface area contributed by atoms with E-state index >= 15 is 0 Å². The molecule has 0 N–H and O–H groups in total. The molecule has 0 aromatic heterocycles. The first-order valence-corrected chi connectivity index (χ1v) is 5.72. The number of Topliss-reactive ketones (excluding diaryl/α,β-unsaturated/α-hetero) is 1. The van der Waals surface area contributed by atoms with E-state index in [1.165, 1.54) is 0 Å². The second-order valence-electron chi connectivity index (χ2n) is 2.80. The minimum Gasteiger partial charge on any atom is -0.463 e. The fourth-order valence-corrected chi connectivity index (χ4v) is 0.944. The van der Waals surface area contributed by atoms with Crippen LogP contribution in [0.1, 0.15) is 13.8 Å². The second kappa shape index (κ2) is 9.41. The van der Waals surface area contributed by atoms with Crippen LogP contribution in [-0.4, -0.2) is 49.1 Å². The molecular formula is C10H14ClNO6. The number of oxime groups is 1. The minimum atomic E-state index is -0.952. The monoisotopic (exact) mass is 279 g/mol. The van der Waals surface area contributed by atoms with Crippen molar-refractivity contribution in [3.8, 4) is 0 Å². The molecule has 8 heteroatoms. The smallest absolute Gasteiger partial charge is 0.364 e. The summed E-state index contributed by atoms with van der Waals surface area (Å²) in [5.74, 6) is -2.81. The molecule has 0 unspecified atom stereocenters. The average Bonchev–Trinajstić information content (AvgIpc) is 2.34. The molecule has 0 radical (unpaired) electrons.